The van der Waals surface area contributed by atoms with Crippen LogP contribution in [0.15, 0.2) is 33.2 Å². The number of thiophene rings is 2. The molecule has 0 aliphatic heterocycles. The highest BCUT2D eigenvalue weighted by atomic mass is 32.1. The summed E-state index contributed by atoms with van der Waals surface area (Å²) in [6.45, 7) is 0. The van der Waals surface area contributed by atoms with Crippen LogP contribution in [-0.2, 0) is 6.18 Å². The summed E-state index contributed by atoms with van der Waals surface area (Å²) >= 11 is 2.69. The standard InChI is InChI=1S/C14H6F3N3O2S2/c15-14(16,17)13-18-9-5-4-7(6-2-1-3-23-6)24-12(5)19-10(21)8(9)11(22)20-13/h1-4H,(H,19,21)(H,18,20,22). The molecule has 0 fully saturated rings. The fourth-order valence-corrected chi connectivity index (χ4v) is 4.26. The van der Waals surface area contributed by atoms with E-state index >= 15 is 0 Å². The Bertz CT molecular complexity index is 1190. The van der Waals surface area contributed by atoms with Crippen molar-refractivity contribution in [1.29, 1.82) is 0 Å². The van der Waals surface area contributed by atoms with E-state index in [1.807, 2.05) is 17.5 Å². The molecule has 5 nitrogen and oxygen atoms in total. The van der Waals surface area contributed by atoms with E-state index < -0.39 is 28.5 Å². The summed E-state index contributed by atoms with van der Waals surface area (Å²) in [5.74, 6) is -1.42. The fraction of sp³-hybridized carbons (Fsp3) is 0.0714. The van der Waals surface area contributed by atoms with Crippen LogP contribution in [0.2, 0.25) is 0 Å². The smallest absolute Gasteiger partial charge is 0.313 e. The summed E-state index contributed by atoms with van der Waals surface area (Å²) in [5.41, 5.74) is -2.12. The molecule has 0 spiro atoms. The minimum absolute atomic E-state index is 0.246. The SMILES string of the molecule is O=c1[nH]c(C(F)(F)F)nc2c1c(=O)[nH]c1sc(-c3cccs3)cc12. The monoisotopic (exact) mass is 369 g/mol. The Labute approximate surface area is 138 Å². The van der Waals surface area contributed by atoms with Crippen molar-refractivity contribution in [3.63, 3.8) is 0 Å². The number of hydrogen-bond donors (Lipinski definition) is 2. The zero-order valence-corrected chi connectivity index (χ0v) is 13.2. The number of fused-ring (bicyclic) bond motifs is 3. The first-order valence-corrected chi connectivity index (χ1v) is 8.25. The minimum Gasteiger partial charge on any atom is -0.313 e. The maximum atomic E-state index is 12.9. The van der Waals surface area contributed by atoms with Crippen LogP contribution in [0.5, 0.6) is 0 Å². The average Bonchev–Trinajstić information content (AvgIpc) is 3.14. The summed E-state index contributed by atoms with van der Waals surface area (Å²) in [6.07, 6.45) is -4.81. The lowest BCUT2D eigenvalue weighted by molar-refractivity contribution is -0.144. The molecule has 24 heavy (non-hydrogen) atoms. The zero-order chi connectivity index (χ0) is 17.1. The summed E-state index contributed by atoms with van der Waals surface area (Å²) < 4.78 is 38.7. The molecule has 0 aliphatic carbocycles. The highest BCUT2D eigenvalue weighted by molar-refractivity contribution is 7.25. The predicted octanol–water partition coefficient (Wildman–Crippen LogP) is 3.57. The normalized spacial score (nSPS) is 12.3. The van der Waals surface area contributed by atoms with Crippen molar-refractivity contribution in [2.24, 2.45) is 0 Å². The van der Waals surface area contributed by atoms with Crippen LogP contribution in [0.3, 0.4) is 0 Å². The lowest BCUT2D eigenvalue weighted by Crippen LogP contribution is -2.24. The topological polar surface area (TPSA) is 78.6 Å². The molecule has 0 bridgehead atoms. The molecule has 4 rings (SSSR count). The van der Waals surface area contributed by atoms with Gasteiger partial charge in [0.25, 0.3) is 11.1 Å². The van der Waals surface area contributed by atoms with Gasteiger partial charge >= 0.3 is 6.18 Å². The molecule has 0 saturated carbocycles. The molecule has 0 radical (unpaired) electrons. The summed E-state index contributed by atoms with van der Waals surface area (Å²) in [6, 6.07) is 5.34. The first-order valence-electron chi connectivity index (χ1n) is 6.55. The highest BCUT2D eigenvalue weighted by Gasteiger charge is 2.35. The third kappa shape index (κ3) is 2.26. The van der Waals surface area contributed by atoms with E-state index in [0.717, 1.165) is 9.75 Å². The largest absolute Gasteiger partial charge is 0.449 e. The molecule has 0 amide bonds. The van der Waals surface area contributed by atoms with Crippen LogP contribution in [-0.4, -0.2) is 15.0 Å². The lowest BCUT2D eigenvalue weighted by Gasteiger charge is -2.06. The van der Waals surface area contributed by atoms with Gasteiger partial charge in [0, 0.05) is 15.1 Å². The van der Waals surface area contributed by atoms with Gasteiger partial charge in [-0.1, -0.05) is 6.07 Å². The second kappa shape index (κ2) is 5.02. The van der Waals surface area contributed by atoms with E-state index in [1.165, 1.54) is 22.7 Å². The first-order chi connectivity index (χ1) is 11.3. The van der Waals surface area contributed by atoms with Gasteiger partial charge in [0.15, 0.2) is 0 Å². The van der Waals surface area contributed by atoms with Gasteiger partial charge in [-0.15, -0.1) is 22.7 Å². The Hall–Kier alpha value is -2.46. The second-order valence-electron chi connectivity index (χ2n) is 4.92. The van der Waals surface area contributed by atoms with Gasteiger partial charge in [-0.3, -0.25) is 9.59 Å². The third-order valence-electron chi connectivity index (χ3n) is 3.39. The van der Waals surface area contributed by atoms with Crippen molar-refractivity contribution in [3.05, 3.63) is 50.1 Å². The van der Waals surface area contributed by atoms with E-state index in [1.54, 1.807) is 11.1 Å². The number of hydrogen-bond acceptors (Lipinski definition) is 5. The van der Waals surface area contributed by atoms with Gasteiger partial charge in [-0.05, 0) is 17.5 Å². The molecule has 4 aromatic rings. The van der Waals surface area contributed by atoms with Gasteiger partial charge in [0.2, 0.25) is 5.82 Å². The van der Waals surface area contributed by atoms with Crippen LogP contribution in [0.4, 0.5) is 13.2 Å². The maximum Gasteiger partial charge on any atom is 0.449 e. The molecule has 10 heteroatoms. The average molecular weight is 369 g/mol. The van der Waals surface area contributed by atoms with E-state index in [9.17, 15) is 22.8 Å². The molecule has 0 atom stereocenters. The van der Waals surface area contributed by atoms with Crippen LogP contribution in [0.25, 0.3) is 30.9 Å². The highest BCUT2D eigenvalue weighted by Crippen LogP contribution is 2.36. The van der Waals surface area contributed by atoms with Gasteiger partial charge in [0.05, 0.1) is 5.52 Å². The maximum absolute atomic E-state index is 12.9. The minimum atomic E-state index is -4.81. The molecule has 0 aromatic carbocycles. The molecular formula is C14H6F3N3O2S2. The van der Waals surface area contributed by atoms with Crippen molar-refractivity contribution >= 4 is 43.8 Å². The first kappa shape index (κ1) is 15.1. The number of aromatic nitrogens is 3. The van der Waals surface area contributed by atoms with Crippen LogP contribution >= 0.6 is 22.7 Å². The van der Waals surface area contributed by atoms with E-state index in [-0.39, 0.29) is 5.52 Å². The molecule has 0 aliphatic rings. The van der Waals surface area contributed by atoms with E-state index in [4.69, 9.17) is 0 Å². The van der Waals surface area contributed by atoms with Gasteiger partial charge in [-0.25, -0.2) is 4.98 Å². The molecule has 122 valence electrons. The van der Waals surface area contributed by atoms with Crippen LogP contribution in [0, 0.1) is 0 Å². The van der Waals surface area contributed by atoms with Crippen molar-refractivity contribution < 1.29 is 13.2 Å². The second-order valence-corrected chi connectivity index (χ2v) is 6.92. The van der Waals surface area contributed by atoms with E-state index in [2.05, 4.69) is 9.97 Å². The number of H-pyrrole nitrogens is 2. The van der Waals surface area contributed by atoms with Crippen LogP contribution < -0.4 is 11.1 Å². The van der Waals surface area contributed by atoms with Crippen molar-refractivity contribution in [1.82, 2.24) is 15.0 Å². The summed E-state index contributed by atoms with van der Waals surface area (Å²) in [7, 11) is 0. The molecule has 0 unspecified atom stereocenters. The van der Waals surface area contributed by atoms with Crippen molar-refractivity contribution in [3.8, 4) is 9.75 Å². The number of rotatable bonds is 1. The van der Waals surface area contributed by atoms with Crippen molar-refractivity contribution in [2.45, 2.75) is 6.18 Å². The quantitative estimate of drug-likeness (QED) is 0.538. The fourth-order valence-electron chi connectivity index (χ4n) is 2.38. The predicted molar refractivity (Wildman–Crippen MR) is 86.7 cm³/mol. The van der Waals surface area contributed by atoms with Gasteiger partial charge in [0.1, 0.15) is 10.2 Å². The Morgan fingerprint density at radius 1 is 1.08 bits per heavy atom. The van der Waals surface area contributed by atoms with Crippen molar-refractivity contribution in [2.75, 3.05) is 0 Å². The number of nitrogens with zero attached hydrogens (tertiary/aromatic N) is 1. The zero-order valence-electron chi connectivity index (χ0n) is 11.5. The molecule has 0 saturated heterocycles. The number of aromatic amines is 2. The Kier molecular flexibility index (Phi) is 3.15. The van der Waals surface area contributed by atoms with Gasteiger partial charge in [-0.2, -0.15) is 13.2 Å². The Balaban J connectivity index is 2.14. The third-order valence-corrected chi connectivity index (χ3v) is 5.51. The summed E-state index contributed by atoms with van der Waals surface area (Å²) in [5, 5.41) is 1.77. The molecular weight excluding hydrogens is 363 g/mol. The number of pyridine rings is 1. The van der Waals surface area contributed by atoms with E-state index in [0.29, 0.717) is 10.2 Å². The number of alkyl halides is 3. The molecule has 4 aromatic heterocycles. The summed E-state index contributed by atoms with van der Waals surface area (Å²) in [4.78, 5) is 33.7. The van der Waals surface area contributed by atoms with Gasteiger partial charge < -0.3 is 9.97 Å². The number of halogens is 3. The van der Waals surface area contributed by atoms with Crippen LogP contribution in [0.1, 0.15) is 5.82 Å². The Morgan fingerprint density at radius 3 is 2.50 bits per heavy atom. The Morgan fingerprint density at radius 2 is 1.83 bits per heavy atom. The molecule has 2 N–H and O–H groups in total. The lowest BCUT2D eigenvalue weighted by atomic mass is 10.2. The molecule has 4 heterocycles. The number of nitrogens with one attached hydrogen (secondary N) is 2.